The van der Waals surface area contributed by atoms with Gasteiger partial charge in [-0.3, -0.25) is 0 Å². The van der Waals surface area contributed by atoms with Crippen molar-refractivity contribution in [2.24, 2.45) is 0 Å². The van der Waals surface area contributed by atoms with Crippen molar-refractivity contribution in [1.29, 1.82) is 0 Å². The molecule has 0 aliphatic rings. The lowest BCUT2D eigenvalue weighted by atomic mass is 10.2. The lowest BCUT2D eigenvalue weighted by molar-refractivity contribution is 0.0526. The number of imidazole rings is 1. The Morgan fingerprint density at radius 3 is 2.46 bits per heavy atom. The van der Waals surface area contributed by atoms with Gasteiger partial charge in [0.15, 0.2) is 0 Å². The van der Waals surface area contributed by atoms with Gasteiger partial charge in [-0.15, -0.1) is 0 Å². The van der Waals surface area contributed by atoms with Crippen LogP contribution in [0.3, 0.4) is 0 Å². The van der Waals surface area contributed by atoms with Crippen LogP contribution in [-0.2, 0) is 4.74 Å². The van der Waals surface area contributed by atoms with Crippen LogP contribution >= 0.6 is 0 Å². The van der Waals surface area contributed by atoms with Crippen LogP contribution in [0.1, 0.15) is 17.3 Å². The third-order valence-corrected chi connectivity index (χ3v) is 3.36. The van der Waals surface area contributed by atoms with E-state index in [2.05, 4.69) is 9.97 Å². The smallest absolute Gasteiger partial charge is 0.338 e. The second kappa shape index (κ2) is 8.09. The number of fused-ring (bicyclic) bond motifs is 1. The summed E-state index contributed by atoms with van der Waals surface area (Å²) in [7, 11) is 1.63. The molecule has 3 rings (SSSR count). The molecule has 128 valence electrons. The van der Waals surface area contributed by atoms with Gasteiger partial charge in [0, 0.05) is 5.56 Å². The predicted molar refractivity (Wildman–Crippen MR) is 91.3 cm³/mol. The van der Waals surface area contributed by atoms with Gasteiger partial charge in [0.05, 0.1) is 30.3 Å². The molecule has 0 unspecified atom stereocenters. The molecule has 24 heavy (non-hydrogen) atoms. The lowest BCUT2D eigenvalue weighted by Gasteiger charge is -2.00. The maximum Gasteiger partial charge on any atom is 0.338 e. The maximum absolute atomic E-state index is 11.8. The predicted octanol–water partition coefficient (Wildman–Crippen LogP) is 1.77. The molecule has 0 bridgehead atoms. The molecule has 0 amide bonds. The van der Waals surface area contributed by atoms with E-state index >= 15 is 0 Å². The molecule has 0 spiro atoms. The van der Waals surface area contributed by atoms with E-state index in [0.29, 0.717) is 12.2 Å². The minimum absolute atomic E-state index is 0. The van der Waals surface area contributed by atoms with Crippen LogP contribution in [0.4, 0.5) is 0 Å². The summed E-state index contributed by atoms with van der Waals surface area (Å²) in [5.74, 6) is 1.22. The van der Waals surface area contributed by atoms with Gasteiger partial charge in [0.2, 0.25) is 0 Å². The number of hydrogen-bond donors (Lipinski definition) is 1. The van der Waals surface area contributed by atoms with Crippen LogP contribution in [0.5, 0.6) is 5.75 Å². The van der Waals surface area contributed by atoms with Crippen molar-refractivity contribution in [2.45, 2.75) is 6.92 Å². The molecule has 0 radical (unpaired) electrons. The molecule has 7 nitrogen and oxygen atoms in total. The largest absolute Gasteiger partial charge is 0.497 e. The van der Waals surface area contributed by atoms with Crippen LogP contribution < -0.4 is 4.74 Å². The van der Waals surface area contributed by atoms with E-state index in [-0.39, 0.29) is 16.9 Å². The van der Waals surface area contributed by atoms with Crippen molar-refractivity contribution in [1.82, 2.24) is 9.97 Å². The Bertz CT molecular complexity index is 811. The normalized spacial score (nSPS) is 9.75. The van der Waals surface area contributed by atoms with Crippen LogP contribution in [0, 0.1) is 0 Å². The molecular weight excluding hydrogens is 312 g/mol. The second-order valence-electron chi connectivity index (χ2n) is 4.77. The summed E-state index contributed by atoms with van der Waals surface area (Å²) >= 11 is 0. The third-order valence-electron chi connectivity index (χ3n) is 3.36. The lowest BCUT2D eigenvalue weighted by Crippen LogP contribution is -2.04. The molecule has 2 aromatic carbocycles. The van der Waals surface area contributed by atoms with Crippen molar-refractivity contribution < 1.29 is 25.2 Å². The number of carbonyl (C=O) groups excluding carboxylic acids is 1. The van der Waals surface area contributed by atoms with Gasteiger partial charge in [-0.25, -0.2) is 9.78 Å². The minimum Gasteiger partial charge on any atom is -0.497 e. The summed E-state index contributed by atoms with van der Waals surface area (Å²) in [4.78, 5) is 19.5. The molecule has 1 heterocycles. The number of aromatic amines is 1. The molecule has 1 aromatic heterocycles. The summed E-state index contributed by atoms with van der Waals surface area (Å²) in [6.45, 7) is 2.14. The standard InChI is InChI=1S/C17H16N2O3.2H2O/c1-3-22-17(20)12-6-9-14-15(10-12)19-16(18-14)11-4-7-13(21-2)8-5-11;;/h4-10H,3H2,1-2H3,(H,18,19);2*1H2. The molecular formula is C17H20N2O5. The second-order valence-corrected chi connectivity index (χ2v) is 4.77. The van der Waals surface area contributed by atoms with Crippen LogP contribution in [0.15, 0.2) is 42.5 Å². The number of carbonyl (C=O) groups is 1. The zero-order valence-corrected chi connectivity index (χ0v) is 13.4. The monoisotopic (exact) mass is 332 g/mol. The van der Waals surface area contributed by atoms with E-state index in [0.717, 1.165) is 28.2 Å². The van der Waals surface area contributed by atoms with Crippen molar-refractivity contribution in [2.75, 3.05) is 13.7 Å². The number of hydrogen-bond acceptors (Lipinski definition) is 4. The molecule has 0 saturated heterocycles. The van der Waals surface area contributed by atoms with Crippen molar-refractivity contribution in [3.8, 4) is 17.1 Å². The Morgan fingerprint density at radius 2 is 1.83 bits per heavy atom. The van der Waals surface area contributed by atoms with Crippen molar-refractivity contribution >= 4 is 17.0 Å². The van der Waals surface area contributed by atoms with Crippen LogP contribution in [0.2, 0.25) is 0 Å². The van der Waals surface area contributed by atoms with E-state index in [9.17, 15) is 4.79 Å². The highest BCUT2D eigenvalue weighted by atomic mass is 16.5. The molecule has 0 aliphatic carbocycles. The summed E-state index contributed by atoms with van der Waals surface area (Å²) in [6, 6.07) is 12.9. The summed E-state index contributed by atoms with van der Waals surface area (Å²) in [5, 5.41) is 0. The Kier molecular flexibility index (Phi) is 6.46. The Balaban J connectivity index is 0.00000144. The number of esters is 1. The first-order valence-electron chi connectivity index (χ1n) is 7.02. The highest BCUT2D eigenvalue weighted by Crippen LogP contribution is 2.23. The average Bonchev–Trinajstić information content (AvgIpc) is 2.98. The van der Waals surface area contributed by atoms with E-state index in [4.69, 9.17) is 9.47 Å². The molecule has 0 atom stereocenters. The number of aromatic nitrogens is 2. The first-order valence-corrected chi connectivity index (χ1v) is 7.02. The Hall–Kier alpha value is -2.90. The summed E-state index contributed by atoms with van der Waals surface area (Å²) in [6.07, 6.45) is 0. The average molecular weight is 332 g/mol. The fraction of sp³-hybridized carbons (Fsp3) is 0.176. The quantitative estimate of drug-likeness (QED) is 0.730. The van der Waals surface area contributed by atoms with Crippen LogP contribution in [0.25, 0.3) is 22.4 Å². The number of benzene rings is 2. The minimum atomic E-state index is -0.329. The van der Waals surface area contributed by atoms with Gasteiger partial charge < -0.3 is 25.4 Å². The van der Waals surface area contributed by atoms with Gasteiger partial charge >= 0.3 is 5.97 Å². The van der Waals surface area contributed by atoms with Gasteiger partial charge in [0.25, 0.3) is 0 Å². The first-order chi connectivity index (χ1) is 10.7. The van der Waals surface area contributed by atoms with Gasteiger partial charge in [-0.05, 0) is 49.4 Å². The number of nitrogens with zero attached hydrogens (tertiary/aromatic N) is 1. The number of nitrogens with one attached hydrogen (secondary N) is 1. The number of rotatable bonds is 4. The van der Waals surface area contributed by atoms with Crippen molar-refractivity contribution in [3.05, 3.63) is 48.0 Å². The first kappa shape index (κ1) is 19.1. The number of ether oxygens (including phenoxy) is 2. The molecule has 0 saturated carbocycles. The fourth-order valence-electron chi connectivity index (χ4n) is 2.24. The molecule has 3 aromatic rings. The van der Waals surface area contributed by atoms with E-state index < -0.39 is 0 Å². The summed E-state index contributed by atoms with van der Waals surface area (Å²) in [5.41, 5.74) is 3.07. The van der Waals surface area contributed by atoms with E-state index in [1.165, 1.54) is 0 Å². The number of methoxy groups -OCH3 is 1. The van der Waals surface area contributed by atoms with Gasteiger partial charge in [0.1, 0.15) is 11.6 Å². The zero-order valence-electron chi connectivity index (χ0n) is 13.4. The topological polar surface area (TPSA) is 127 Å². The Morgan fingerprint density at radius 1 is 1.12 bits per heavy atom. The van der Waals surface area contributed by atoms with Gasteiger partial charge in [-0.1, -0.05) is 0 Å². The van der Waals surface area contributed by atoms with E-state index in [1.54, 1.807) is 26.2 Å². The van der Waals surface area contributed by atoms with Crippen LogP contribution in [-0.4, -0.2) is 40.6 Å². The SMILES string of the molecule is CCOC(=O)c1ccc2nc(-c3ccc(OC)cc3)[nH]c2c1.O.O. The molecule has 0 aliphatic heterocycles. The summed E-state index contributed by atoms with van der Waals surface area (Å²) < 4.78 is 10.2. The molecule has 0 fully saturated rings. The highest BCUT2D eigenvalue weighted by molar-refractivity contribution is 5.94. The molecule has 7 heteroatoms. The fourth-order valence-corrected chi connectivity index (χ4v) is 2.24. The number of H-pyrrole nitrogens is 1. The maximum atomic E-state index is 11.8. The van der Waals surface area contributed by atoms with Crippen molar-refractivity contribution in [3.63, 3.8) is 0 Å². The Labute approximate surface area is 138 Å². The zero-order chi connectivity index (χ0) is 15.5. The molecule has 5 N–H and O–H groups in total. The van der Waals surface area contributed by atoms with Gasteiger partial charge in [-0.2, -0.15) is 0 Å². The third kappa shape index (κ3) is 3.70. The highest BCUT2D eigenvalue weighted by Gasteiger charge is 2.10. The van der Waals surface area contributed by atoms with E-state index in [1.807, 2.05) is 30.3 Å².